The molecule has 2 unspecified atom stereocenters. The van der Waals surface area contributed by atoms with Crippen molar-refractivity contribution in [2.75, 3.05) is 44.9 Å². The van der Waals surface area contributed by atoms with E-state index in [1.165, 1.54) is 0 Å². The molecule has 1 amide bonds. The zero-order chi connectivity index (χ0) is 11.4. The number of nitrogens with zero attached hydrogens (tertiary/aromatic N) is 1. The minimum atomic E-state index is -0.00479. The molecule has 0 aromatic rings. The first-order chi connectivity index (χ1) is 7.81. The molecule has 2 fully saturated rings. The molecular formula is C11H20N2O2S. The number of ether oxygens (including phenoxy) is 1. The van der Waals surface area contributed by atoms with Crippen LogP contribution in [0.4, 0.5) is 0 Å². The van der Waals surface area contributed by atoms with Crippen molar-refractivity contribution in [3.8, 4) is 0 Å². The average Bonchev–Trinajstić information content (AvgIpc) is 2.73. The SMILES string of the molecule is CNC1CSCCN(CC2CCOC2)C1=O. The number of amides is 1. The highest BCUT2D eigenvalue weighted by Crippen LogP contribution is 2.18. The second-order valence-corrected chi connectivity index (χ2v) is 5.58. The molecule has 2 rings (SSSR count). The van der Waals surface area contributed by atoms with Crippen LogP contribution in [0.1, 0.15) is 6.42 Å². The molecule has 0 saturated carbocycles. The number of rotatable bonds is 3. The van der Waals surface area contributed by atoms with Gasteiger partial charge in [0.1, 0.15) is 0 Å². The van der Waals surface area contributed by atoms with Crippen LogP contribution in [0.15, 0.2) is 0 Å². The van der Waals surface area contributed by atoms with E-state index < -0.39 is 0 Å². The Morgan fingerprint density at radius 3 is 3.19 bits per heavy atom. The lowest BCUT2D eigenvalue weighted by molar-refractivity contribution is -0.132. The second-order valence-electron chi connectivity index (χ2n) is 4.43. The zero-order valence-electron chi connectivity index (χ0n) is 9.78. The van der Waals surface area contributed by atoms with E-state index in [9.17, 15) is 4.79 Å². The molecule has 0 aromatic heterocycles. The number of carbonyl (C=O) groups is 1. The van der Waals surface area contributed by atoms with Crippen molar-refractivity contribution >= 4 is 17.7 Å². The standard InChI is InChI=1S/C11H20N2O2S/c1-12-10-8-16-5-3-13(11(10)14)6-9-2-4-15-7-9/h9-10,12H,2-8H2,1H3. The Morgan fingerprint density at radius 2 is 2.50 bits per heavy atom. The normalized spacial score (nSPS) is 31.8. The van der Waals surface area contributed by atoms with Crippen LogP contribution in [-0.2, 0) is 9.53 Å². The third kappa shape index (κ3) is 2.90. The number of hydrogen-bond donors (Lipinski definition) is 1. The summed E-state index contributed by atoms with van der Waals surface area (Å²) in [6.45, 7) is 3.44. The average molecular weight is 244 g/mol. The minimum absolute atomic E-state index is 0.00479. The van der Waals surface area contributed by atoms with Gasteiger partial charge in [-0.2, -0.15) is 11.8 Å². The highest BCUT2D eigenvalue weighted by molar-refractivity contribution is 7.99. The van der Waals surface area contributed by atoms with Crippen molar-refractivity contribution in [2.45, 2.75) is 12.5 Å². The fourth-order valence-electron chi connectivity index (χ4n) is 2.20. The number of likely N-dealkylation sites (N-methyl/N-ethyl adjacent to an activating group) is 1. The van der Waals surface area contributed by atoms with E-state index in [4.69, 9.17) is 4.74 Å². The van der Waals surface area contributed by atoms with Gasteiger partial charge in [0, 0.05) is 37.1 Å². The molecule has 4 nitrogen and oxygen atoms in total. The van der Waals surface area contributed by atoms with Gasteiger partial charge >= 0.3 is 0 Å². The summed E-state index contributed by atoms with van der Waals surface area (Å²) < 4.78 is 5.36. The summed E-state index contributed by atoms with van der Waals surface area (Å²) in [6.07, 6.45) is 1.10. The van der Waals surface area contributed by atoms with Gasteiger partial charge in [0.15, 0.2) is 0 Å². The second kappa shape index (κ2) is 5.89. The Kier molecular flexibility index (Phi) is 4.49. The molecule has 1 N–H and O–H groups in total. The van der Waals surface area contributed by atoms with Crippen molar-refractivity contribution in [1.29, 1.82) is 0 Å². The predicted molar refractivity (Wildman–Crippen MR) is 65.7 cm³/mol. The van der Waals surface area contributed by atoms with Crippen LogP contribution in [0.25, 0.3) is 0 Å². The predicted octanol–water partition coefficient (Wildman–Crippen LogP) is 0.186. The van der Waals surface area contributed by atoms with Gasteiger partial charge in [-0.15, -0.1) is 0 Å². The van der Waals surface area contributed by atoms with E-state index in [0.717, 1.165) is 44.2 Å². The fraction of sp³-hybridized carbons (Fsp3) is 0.909. The third-order valence-electron chi connectivity index (χ3n) is 3.25. The summed E-state index contributed by atoms with van der Waals surface area (Å²) in [5.41, 5.74) is 0. The third-order valence-corrected chi connectivity index (χ3v) is 4.29. The number of thioether (sulfide) groups is 1. The summed E-state index contributed by atoms with van der Waals surface area (Å²) >= 11 is 1.86. The number of hydrogen-bond acceptors (Lipinski definition) is 4. The Bertz CT molecular complexity index is 244. The van der Waals surface area contributed by atoms with Crippen LogP contribution in [0.3, 0.4) is 0 Å². The van der Waals surface area contributed by atoms with Crippen molar-refractivity contribution in [1.82, 2.24) is 10.2 Å². The first kappa shape index (κ1) is 12.2. The maximum absolute atomic E-state index is 12.2. The summed E-state index contributed by atoms with van der Waals surface area (Å²) in [4.78, 5) is 14.2. The molecule has 0 aromatic carbocycles. The zero-order valence-corrected chi connectivity index (χ0v) is 10.6. The minimum Gasteiger partial charge on any atom is -0.381 e. The van der Waals surface area contributed by atoms with Gasteiger partial charge in [0.2, 0.25) is 5.91 Å². The topological polar surface area (TPSA) is 41.6 Å². The van der Waals surface area contributed by atoms with Gasteiger partial charge in [-0.3, -0.25) is 4.79 Å². The number of nitrogens with one attached hydrogen (secondary N) is 1. The molecule has 0 bridgehead atoms. The molecule has 5 heteroatoms. The van der Waals surface area contributed by atoms with Gasteiger partial charge in [-0.1, -0.05) is 0 Å². The molecule has 2 saturated heterocycles. The largest absolute Gasteiger partial charge is 0.381 e. The lowest BCUT2D eigenvalue weighted by Gasteiger charge is -2.26. The van der Waals surface area contributed by atoms with E-state index in [1.807, 2.05) is 23.7 Å². The Hall–Kier alpha value is -0.260. The number of carbonyl (C=O) groups excluding carboxylic acids is 1. The monoisotopic (exact) mass is 244 g/mol. The molecule has 16 heavy (non-hydrogen) atoms. The van der Waals surface area contributed by atoms with E-state index in [2.05, 4.69) is 5.32 Å². The molecule has 2 aliphatic rings. The van der Waals surface area contributed by atoms with Gasteiger partial charge in [-0.05, 0) is 13.5 Å². The van der Waals surface area contributed by atoms with E-state index in [0.29, 0.717) is 5.92 Å². The van der Waals surface area contributed by atoms with Crippen LogP contribution < -0.4 is 5.32 Å². The van der Waals surface area contributed by atoms with Crippen LogP contribution in [0.2, 0.25) is 0 Å². The lowest BCUT2D eigenvalue weighted by atomic mass is 10.1. The maximum atomic E-state index is 12.2. The van der Waals surface area contributed by atoms with Gasteiger partial charge in [0.25, 0.3) is 0 Å². The summed E-state index contributed by atoms with van der Waals surface area (Å²) in [5, 5.41) is 3.11. The molecule has 2 heterocycles. The Morgan fingerprint density at radius 1 is 1.62 bits per heavy atom. The molecule has 2 atom stereocenters. The summed E-state index contributed by atoms with van der Waals surface area (Å²) in [5.74, 6) is 2.76. The van der Waals surface area contributed by atoms with Crippen LogP contribution >= 0.6 is 11.8 Å². The van der Waals surface area contributed by atoms with Crippen molar-refractivity contribution in [3.63, 3.8) is 0 Å². The van der Waals surface area contributed by atoms with Crippen molar-refractivity contribution in [2.24, 2.45) is 5.92 Å². The van der Waals surface area contributed by atoms with Gasteiger partial charge in [0.05, 0.1) is 12.6 Å². The smallest absolute Gasteiger partial charge is 0.240 e. The Labute approximate surface area is 101 Å². The molecule has 0 aliphatic carbocycles. The highest BCUT2D eigenvalue weighted by Gasteiger charge is 2.28. The highest BCUT2D eigenvalue weighted by atomic mass is 32.2. The maximum Gasteiger partial charge on any atom is 0.240 e. The summed E-state index contributed by atoms with van der Waals surface area (Å²) in [6, 6.07) is -0.00479. The lowest BCUT2D eigenvalue weighted by Crippen LogP contribution is -2.47. The van der Waals surface area contributed by atoms with E-state index >= 15 is 0 Å². The molecule has 92 valence electrons. The van der Waals surface area contributed by atoms with Gasteiger partial charge < -0.3 is 15.0 Å². The van der Waals surface area contributed by atoms with E-state index in [1.54, 1.807) is 0 Å². The molecule has 0 radical (unpaired) electrons. The first-order valence-corrected chi connectivity index (χ1v) is 7.08. The molecule has 2 aliphatic heterocycles. The molecule has 0 spiro atoms. The molecular weight excluding hydrogens is 224 g/mol. The van der Waals surface area contributed by atoms with Crippen LogP contribution in [0, 0.1) is 5.92 Å². The first-order valence-electron chi connectivity index (χ1n) is 5.93. The van der Waals surface area contributed by atoms with Crippen LogP contribution in [0.5, 0.6) is 0 Å². The fourth-order valence-corrected chi connectivity index (χ4v) is 3.27. The summed E-state index contributed by atoms with van der Waals surface area (Å²) in [7, 11) is 1.87. The quantitative estimate of drug-likeness (QED) is 0.769. The van der Waals surface area contributed by atoms with Gasteiger partial charge in [-0.25, -0.2) is 0 Å². The van der Waals surface area contributed by atoms with E-state index in [-0.39, 0.29) is 11.9 Å². The van der Waals surface area contributed by atoms with Crippen molar-refractivity contribution < 1.29 is 9.53 Å². The van der Waals surface area contributed by atoms with Crippen LogP contribution in [-0.4, -0.2) is 61.7 Å². The Balaban J connectivity index is 1.92. The van der Waals surface area contributed by atoms with Crippen molar-refractivity contribution in [3.05, 3.63) is 0 Å².